The van der Waals surface area contributed by atoms with Crippen LogP contribution < -0.4 is 4.90 Å². The summed E-state index contributed by atoms with van der Waals surface area (Å²) in [7, 11) is 3.94. The Kier molecular flexibility index (Phi) is 6.50. The van der Waals surface area contributed by atoms with Crippen LogP contribution in [0.1, 0.15) is 11.1 Å². The van der Waals surface area contributed by atoms with E-state index < -0.39 is 0 Å². The summed E-state index contributed by atoms with van der Waals surface area (Å²) in [5.41, 5.74) is 2.67. The summed E-state index contributed by atoms with van der Waals surface area (Å²) in [5.74, 6) is 0.0219. The molecule has 0 unspecified atom stereocenters. The molecule has 0 atom stereocenters. The molecule has 1 heterocycles. The van der Waals surface area contributed by atoms with Crippen LogP contribution in [0, 0.1) is 6.92 Å². The third-order valence-electron chi connectivity index (χ3n) is 4.33. The fraction of sp³-hybridized carbons (Fsp3) is 0.238. The number of carbonyl (C=O) groups is 2. The number of amides is 2. The van der Waals surface area contributed by atoms with E-state index in [0.717, 1.165) is 17.7 Å². The van der Waals surface area contributed by atoms with Crippen LogP contribution in [0.15, 0.2) is 47.4 Å². The van der Waals surface area contributed by atoms with E-state index in [0.29, 0.717) is 32.0 Å². The number of rotatable bonds is 6. The molecule has 7 heteroatoms. The minimum absolute atomic E-state index is 0.297. The van der Waals surface area contributed by atoms with E-state index in [1.807, 2.05) is 50.2 Å². The van der Waals surface area contributed by atoms with Gasteiger partial charge in [-0.15, -0.1) is 11.8 Å². The van der Waals surface area contributed by atoms with Crippen molar-refractivity contribution in [2.24, 2.45) is 0 Å². The number of aryl methyl sites for hydroxylation is 1. The Bertz CT molecular complexity index is 955. The van der Waals surface area contributed by atoms with Crippen molar-refractivity contribution in [2.45, 2.75) is 6.92 Å². The molecule has 146 valence electrons. The average molecular weight is 435 g/mol. The summed E-state index contributed by atoms with van der Waals surface area (Å²) in [5, 5.41) is 0.669. The van der Waals surface area contributed by atoms with Gasteiger partial charge in [-0.1, -0.05) is 53.0 Å². The third kappa shape index (κ3) is 4.28. The third-order valence-corrected chi connectivity index (χ3v) is 6.12. The Morgan fingerprint density at radius 1 is 0.964 bits per heavy atom. The van der Waals surface area contributed by atoms with Crippen molar-refractivity contribution < 1.29 is 9.59 Å². The molecule has 1 aliphatic rings. The van der Waals surface area contributed by atoms with Gasteiger partial charge in [-0.25, -0.2) is 4.90 Å². The van der Waals surface area contributed by atoms with E-state index in [9.17, 15) is 9.59 Å². The molecule has 0 saturated heterocycles. The number of hydrogen-bond donors (Lipinski definition) is 0. The number of anilines is 1. The van der Waals surface area contributed by atoms with E-state index >= 15 is 0 Å². The smallest absolute Gasteiger partial charge is 0.272 e. The quantitative estimate of drug-likeness (QED) is 0.607. The molecular formula is C21H20Cl2N2O2S. The number of imide groups is 1. The van der Waals surface area contributed by atoms with Crippen LogP contribution in [0.25, 0.3) is 5.57 Å². The molecule has 2 aromatic carbocycles. The molecule has 0 spiro atoms. The molecule has 1 aliphatic heterocycles. The molecular weight excluding hydrogens is 415 g/mol. The Balaban J connectivity index is 2.02. The van der Waals surface area contributed by atoms with Gasteiger partial charge in [0.15, 0.2) is 0 Å². The van der Waals surface area contributed by atoms with Crippen LogP contribution in [0.3, 0.4) is 0 Å². The standard InChI is InChI=1S/C21H20Cl2N2O2S/c1-13-4-6-14(7-5-13)18-19(28-11-10-24(2)3)21(27)25(20(18)26)15-8-9-16(22)17(23)12-15/h4-9,12H,10-11H2,1-3H3. The number of nitrogens with zero attached hydrogens (tertiary/aromatic N) is 2. The van der Waals surface area contributed by atoms with Crippen molar-refractivity contribution in [3.63, 3.8) is 0 Å². The maximum Gasteiger partial charge on any atom is 0.272 e. The zero-order chi connectivity index (χ0) is 20.4. The first-order chi connectivity index (χ1) is 13.3. The predicted molar refractivity (Wildman–Crippen MR) is 118 cm³/mol. The van der Waals surface area contributed by atoms with Crippen LogP contribution in [-0.4, -0.2) is 43.1 Å². The van der Waals surface area contributed by atoms with Gasteiger partial charge in [0.1, 0.15) is 0 Å². The Morgan fingerprint density at radius 2 is 1.64 bits per heavy atom. The van der Waals surface area contributed by atoms with Crippen molar-refractivity contribution in [1.82, 2.24) is 4.90 Å². The molecule has 0 saturated carbocycles. The number of hydrogen-bond acceptors (Lipinski definition) is 4. The summed E-state index contributed by atoms with van der Waals surface area (Å²) in [6, 6.07) is 12.4. The van der Waals surface area contributed by atoms with Crippen LogP contribution in [-0.2, 0) is 9.59 Å². The largest absolute Gasteiger partial charge is 0.309 e. The number of halogens is 2. The van der Waals surface area contributed by atoms with Crippen LogP contribution >= 0.6 is 35.0 Å². The Morgan fingerprint density at radius 3 is 2.25 bits per heavy atom. The van der Waals surface area contributed by atoms with Gasteiger partial charge in [-0.2, -0.15) is 0 Å². The second-order valence-electron chi connectivity index (χ2n) is 6.77. The summed E-state index contributed by atoms with van der Waals surface area (Å²) in [4.78, 5) is 30.1. The molecule has 4 nitrogen and oxygen atoms in total. The van der Waals surface area contributed by atoms with Crippen molar-refractivity contribution in [3.05, 3.63) is 68.5 Å². The van der Waals surface area contributed by atoms with Gasteiger partial charge in [-0.05, 0) is 44.8 Å². The molecule has 0 radical (unpaired) electrons. The Labute approximate surface area is 179 Å². The normalized spacial score (nSPS) is 14.6. The zero-order valence-corrected chi connectivity index (χ0v) is 18.2. The second-order valence-corrected chi connectivity index (χ2v) is 8.69. The highest BCUT2D eigenvalue weighted by atomic mass is 35.5. The van der Waals surface area contributed by atoms with Crippen molar-refractivity contribution in [3.8, 4) is 0 Å². The van der Waals surface area contributed by atoms with Gasteiger partial charge in [0, 0.05) is 12.3 Å². The SMILES string of the molecule is Cc1ccc(C2=C(SCCN(C)C)C(=O)N(c3ccc(Cl)c(Cl)c3)C2=O)cc1. The average Bonchev–Trinajstić information content (AvgIpc) is 2.88. The topological polar surface area (TPSA) is 40.6 Å². The monoisotopic (exact) mass is 434 g/mol. The molecule has 0 fully saturated rings. The lowest BCUT2D eigenvalue weighted by Gasteiger charge is -2.16. The van der Waals surface area contributed by atoms with Gasteiger partial charge >= 0.3 is 0 Å². The lowest BCUT2D eigenvalue weighted by Crippen LogP contribution is -2.31. The van der Waals surface area contributed by atoms with Crippen molar-refractivity contribution >= 4 is 58.0 Å². The second kappa shape index (κ2) is 8.70. The van der Waals surface area contributed by atoms with Crippen LogP contribution in [0.4, 0.5) is 5.69 Å². The predicted octanol–water partition coefficient (Wildman–Crippen LogP) is 4.88. The number of thioether (sulfide) groups is 1. The summed E-state index contributed by atoms with van der Waals surface area (Å²) in [6.07, 6.45) is 0. The maximum atomic E-state index is 13.3. The van der Waals surface area contributed by atoms with E-state index in [1.54, 1.807) is 18.2 Å². The fourth-order valence-electron chi connectivity index (χ4n) is 2.81. The van der Waals surface area contributed by atoms with Gasteiger partial charge in [0.05, 0.1) is 26.2 Å². The van der Waals surface area contributed by atoms with Gasteiger partial charge in [0.25, 0.3) is 11.8 Å². The Hall–Kier alpha value is -1.79. The summed E-state index contributed by atoms with van der Waals surface area (Å²) in [6.45, 7) is 2.78. The molecule has 28 heavy (non-hydrogen) atoms. The molecule has 0 N–H and O–H groups in total. The summed E-state index contributed by atoms with van der Waals surface area (Å²) < 4.78 is 0. The van der Waals surface area contributed by atoms with E-state index in [-0.39, 0.29) is 11.8 Å². The van der Waals surface area contributed by atoms with Gasteiger partial charge in [-0.3, -0.25) is 9.59 Å². The first-order valence-corrected chi connectivity index (χ1v) is 10.5. The highest BCUT2D eigenvalue weighted by Gasteiger charge is 2.40. The lowest BCUT2D eigenvalue weighted by atomic mass is 10.0. The van der Waals surface area contributed by atoms with Crippen LogP contribution in [0.5, 0.6) is 0 Å². The molecule has 3 rings (SSSR count). The maximum absolute atomic E-state index is 13.3. The molecule has 2 amide bonds. The minimum atomic E-state index is -0.348. The summed E-state index contributed by atoms with van der Waals surface area (Å²) >= 11 is 13.5. The van der Waals surface area contributed by atoms with E-state index in [4.69, 9.17) is 23.2 Å². The highest BCUT2D eigenvalue weighted by Crippen LogP contribution is 2.39. The van der Waals surface area contributed by atoms with Gasteiger partial charge < -0.3 is 4.90 Å². The zero-order valence-electron chi connectivity index (χ0n) is 15.8. The van der Waals surface area contributed by atoms with Gasteiger partial charge in [0.2, 0.25) is 0 Å². The lowest BCUT2D eigenvalue weighted by molar-refractivity contribution is -0.119. The minimum Gasteiger partial charge on any atom is -0.309 e. The molecule has 0 aliphatic carbocycles. The first kappa shape index (κ1) is 20.9. The fourth-order valence-corrected chi connectivity index (χ4v) is 4.32. The van der Waals surface area contributed by atoms with E-state index in [2.05, 4.69) is 0 Å². The van der Waals surface area contributed by atoms with E-state index in [1.165, 1.54) is 16.7 Å². The highest BCUT2D eigenvalue weighted by molar-refractivity contribution is 8.04. The molecule has 2 aromatic rings. The first-order valence-electron chi connectivity index (χ1n) is 8.72. The van der Waals surface area contributed by atoms with Crippen molar-refractivity contribution in [2.75, 3.05) is 31.3 Å². The molecule has 0 aromatic heterocycles. The van der Waals surface area contributed by atoms with Crippen LogP contribution in [0.2, 0.25) is 10.0 Å². The number of benzene rings is 2. The molecule has 0 bridgehead atoms. The number of carbonyl (C=O) groups excluding carboxylic acids is 2. The van der Waals surface area contributed by atoms with Crippen molar-refractivity contribution in [1.29, 1.82) is 0 Å².